The summed E-state index contributed by atoms with van der Waals surface area (Å²) in [6, 6.07) is 0. The Hall–Kier alpha value is -0.540. The van der Waals surface area contributed by atoms with Crippen LogP contribution in [0.3, 0.4) is 0 Å². The summed E-state index contributed by atoms with van der Waals surface area (Å²) in [5.74, 6) is 0.905. The van der Waals surface area contributed by atoms with Crippen LogP contribution in [0.5, 0.6) is 5.75 Å². The van der Waals surface area contributed by atoms with Crippen molar-refractivity contribution in [2.45, 2.75) is 12.8 Å². The monoisotopic (exact) mass is 156 g/mol. The van der Waals surface area contributed by atoms with Gasteiger partial charge in [-0.3, -0.25) is 0 Å². The van der Waals surface area contributed by atoms with Gasteiger partial charge in [-0.25, -0.2) is 0 Å². The molecule has 1 aromatic heterocycles. The van der Waals surface area contributed by atoms with Gasteiger partial charge in [-0.1, -0.05) is 0 Å². The summed E-state index contributed by atoms with van der Waals surface area (Å²) in [6.07, 6.45) is 2.14. The molecule has 0 spiro atoms. The summed E-state index contributed by atoms with van der Waals surface area (Å²) < 4.78 is 0. The first-order chi connectivity index (χ1) is 4.97. The first-order valence-electron chi connectivity index (χ1n) is 3.31. The van der Waals surface area contributed by atoms with Gasteiger partial charge < -0.3 is 4.89 Å². The van der Waals surface area contributed by atoms with Gasteiger partial charge in [-0.15, -0.1) is 11.3 Å². The third-order valence-corrected chi connectivity index (χ3v) is 2.30. The highest BCUT2D eigenvalue weighted by atomic mass is 32.1. The highest BCUT2D eigenvalue weighted by Gasteiger charge is 2.09. The van der Waals surface area contributed by atoms with Gasteiger partial charge in [0.2, 0.25) is 0 Å². The summed E-state index contributed by atoms with van der Waals surface area (Å²) in [7, 11) is 0. The third-order valence-electron chi connectivity index (χ3n) is 1.52. The van der Waals surface area contributed by atoms with E-state index in [4.69, 9.17) is 9.78 Å². The Morgan fingerprint density at radius 3 is 3.40 bits per heavy atom. The van der Waals surface area contributed by atoms with Crippen LogP contribution in [0, 0.1) is 0 Å². The van der Waals surface area contributed by atoms with Gasteiger partial charge in [-0.05, 0) is 18.2 Å². The number of thiophene rings is 1. The predicted octanol–water partition coefficient (Wildman–Crippen LogP) is 2.00. The predicted molar refractivity (Wildman–Crippen MR) is 39.2 cm³/mol. The van der Waals surface area contributed by atoms with Gasteiger partial charge in [0.15, 0.2) is 5.75 Å². The van der Waals surface area contributed by atoms with E-state index in [0.29, 0.717) is 6.61 Å². The second-order valence-electron chi connectivity index (χ2n) is 2.27. The van der Waals surface area contributed by atoms with Gasteiger partial charge >= 0.3 is 0 Å². The molecule has 0 saturated carbocycles. The lowest BCUT2D eigenvalue weighted by Gasteiger charge is -1.96. The largest absolute Gasteiger partial charge is 0.336 e. The van der Waals surface area contributed by atoms with Gasteiger partial charge in [0.25, 0.3) is 0 Å². The highest BCUT2D eigenvalue weighted by Crippen LogP contribution is 2.26. The lowest BCUT2D eigenvalue weighted by atomic mass is 10.2. The molecule has 2 heterocycles. The van der Waals surface area contributed by atoms with Crippen molar-refractivity contribution in [1.82, 2.24) is 0 Å². The van der Waals surface area contributed by atoms with Gasteiger partial charge in [0, 0.05) is 10.9 Å². The first-order valence-corrected chi connectivity index (χ1v) is 4.25. The van der Waals surface area contributed by atoms with E-state index in [9.17, 15) is 0 Å². The molecule has 0 atom stereocenters. The van der Waals surface area contributed by atoms with Crippen molar-refractivity contribution < 1.29 is 9.78 Å². The number of hydrogen-bond donors (Lipinski definition) is 0. The average molecular weight is 156 g/mol. The summed E-state index contributed by atoms with van der Waals surface area (Å²) in [4.78, 5) is 9.88. The Labute approximate surface area is 63.3 Å². The molecule has 0 aromatic carbocycles. The zero-order valence-corrected chi connectivity index (χ0v) is 6.32. The van der Waals surface area contributed by atoms with E-state index in [0.717, 1.165) is 18.6 Å². The Balaban J connectivity index is 2.28. The molecule has 1 aromatic rings. The minimum absolute atomic E-state index is 0.708. The Kier molecular flexibility index (Phi) is 1.61. The molecule has 0 radical (unpaired) electrons. The highest BCUT2D eigenvalue weighted by molar-refractivity contribution is 7.08. The van der Waals surface area contributed by atoms with Crippen LogP contribution < -0.4 is 4.89 Å². The fourth-order valence-corrected chi connectivity index (χ4v) is 1.77. The smallest absolute Gasteiger partial charge is 0.179 e. The third kappa shape index (κ3) is 1.02. The van der Waals surface area contributed by atoms with Gasteiger partial charge in [0.1, 0.15) is 0 Å². The first kappa shape index (κ1) is 6.19. The molecule has 1 aliphatic rings. The van der Waals surface area contributed by atoms with E-state index in [1.165, 1.54) is 5.56 Å². The van der Waals surface area contributed by atoms with Gasteiger partial charge in [-0.2, -0.15) is 4.89 Å². The average Bonchev–Trinajstić information content (AvgIpc) is 2.28. The summed E-state index contributed by atoms with van der Waals surface area (Å²) >= 11 is 1.66. The van der Waals surface area contributed by atoms with Crippen molar-refractivity contribution in [1.29, 1.82) is 0 Å². The van der Waals surface area contributed by atoms with Crippen molar-refractivity contribution in [2.24, 2.45) is 0 Å². The van der Waals surface area contributed by atoms with Crippen LogP contribution in [0.15, 0.2) is 10.8 Å². The second kappa shape index (κ2) is 2.60. The Morgan fingerprint density at radius 1 is 1.40 bits per heavy atom. The molecular weight excluding hydrogens is 148 g/mol. The molecule has 2 rings (SSSR count). The zero-order valence-electron chi connectivity index (χ0n) is 5.50. The second-order valence-corrected chi connectivity index (χ2v) is 3.01. The molecule has 54 valence electrons. The maximum atomic E-state index is 5.00. The van der Waals surface area contributed by atoms with Crippen LogP contribution in [-0.2, 0) is 11.3 Å². The number of hydrogen-bond acceptors (Lipinski definition) is 3. The molecule has 0 N–H and O–H groups in total. The molecule has 3 heteroatoms. The quantitative estimate of drug-likeness (QED) is 0.535. The van der Waals surface area contributed by atoms with Crippen LogP contribution in [-0.4, -0.2) is 6.61 Å². The van der Waals surface area contributed by atoms with Crippen molar-refractivity contribution >= 4 is 11.3 Å². The number of fused-ring (bicyclic) bond motifs is 1. The lowest BCUT2D eigenvalue weighted by molar-refractivity contribution is -0.203. The number of rotatable bonds is 0. The van der Waals surface area contributed by atoms with Crippen molar-refractivity contribution in [3.8, 4) is 5.75 Å². The standard InChI is InChI=1S/C7H8O2S/c1-2-6-4-10-5-7(6)9-8-3-1/h4-5H,1-3H2. The Bertz CT molecular complexity index is 199. The molecule has 0 saturated heterocycles. The summed E-state index contributed by atoms with van der Waals surface area (Å²) in [6.45, 7) is 0.708. The molecule has 10 heavy (non-hydrogen) atoms. The molecule has 1 aliphatic heterocycles. The molecule has 0 unspecified atom stereocenters. The maximum absolute atomic E-state index is 5.00. The van der Waals surface area contributed by atoms with Crippen LogP contribution >= 0.6 is 11.3 Å². The van der Waals surface area contributed by atoms with E-state index < -0.39 is 0 Å². The fraction of sp³-hybridized carbons (Fsp3) is 0.429. The van der Waals surface area contributed by atoms with Gasteiger partial charge in [0.05, 0.1) is 6.61 Å². The SMILES string of the molecule is c1scc2c1CCCOO2. The molecule has 0 fully saturated rings. The van der Waals surface area contributed by atoms with Crippen LogP contribution in [0.1, 0.15) is 12.0 Å². The van der Waals surface area contributed by atoms with Crippen LogP contribution in [0.4, 0.5) is 0 Å². The topological polar surface area (TPSA) is 18.5 Å². The Morgan fingerprint density at radius 2 is 2.40 bits per heavy atom. The van der Waals surface area contributed by atoms with E-state index in [1.807, 2.05) is 5.38 Å². The van der Waals surface area contributed by atoms with E-state index >= 15 is 0 Å². The summed E-state index contributed by atoms with van der Waals surface area (Å²) in [5.41, 5.74) is 1.28. The fourth-order valence-electron chi connectivity index (χ4n) is 0.994. The molecular formula is C7H8O2S. The summed E-state index contributed by atoms with van der Waals surface area (Å²) in [5, 5.41) is 4.09. The molecule has 0 amide bonds. The normalized spacial score (nSPS) is 17.2. The zero-order chi connectivity index (χ0) is 6.81. The van der Waals surface area contributed by atoms with E-state index in [2.05, 4.69) is 5.38 Å². The van der Waals surface area contributed by atoms with Crippen LogP contribution in [0.25, 0.3) is 0 Å². The maximum Gasteiger partial charge on any atom is 0.179 e. The molecule has 0 bridgehead atoms. The molecule has 2 nitrogen and oxygen atoms in total. The van der Waals surface area contributed by atoms with Crippen molar-refractivity contribution in [3.05, 3.63) is 16.3 Å². The lowest BCUT2D eigenvalue weighted by Crippen LogP contribution is -1.94. The van der Waals surface area contributed by atoms with Crippen molar-refractivity contribution in [2.75, 3.05) is 6.61 Å². The van der Waals surface area contributed by atoms with E-state index in [-0.39, 0.29) is 0 Å². The van der Waals surface area contributed by atoms with Crippen LogP contribution in [0.2, 0.25) is 0 Å². The number of aryl methyl sites for hydroxylation is 1. The minimum Gasteiger partial charge on any atom is -0.336 e. The van der Waals surface area contributed by atoms with E-state index in [1.54, 1.807) is 11.3 Å². The molecule has 0 aliphatic carbocycles. The minimum atomic E-state index is 0.708. The van der Waals surface area contributed by atoms with Crippen molar-refractivity contribution in [3.63, 3.8) is 0 Å².